The number of hydrogen-bond acceptors (Lipinski definition) is 1. The molecule has 0 aliphatic carbocycles. The molecule has 1 rings (SSSR count). The smallest absolute Gasteiger partial charge is 0.197 e. The van der Waals surface area contributed by atoms with Gasteiger partial charge < -0.3 is 0 Å². The molecule has 0 saturated heterocycles. The van der Waals surface area contributed by atoms with Crippen molar-refractivity contribution in [2.75, 3.05) is 0 Å². The Morgan fingerprint density at radius 3 is 2.80 bits per heavy atom. The van der Waals surface area contributed by atoms with Crippen molar-refractivity contribution in [3.63, 3.8) is 0 Å². The topological polar surface area (TPSA) is 17.1 Å². The SMILES string of the molecule is Cc1cccc(Cl)c(=O)c1. The second-order valence-electron chi connectivity index (χ2n) is 2.13. The Kier molecular flexibility index (Phi) is 2.07. The van der Waals surface area contributed by atoms with E-state index in [1.165, 1.54) is 6.07 Å². The van der Waals surface area contributed by atoms with E-state index in [2.05, 4.69) is 0 Å². The normalized spacial score (nSPS) is 9.40. The second kappa shape index (κ2) is 2.84. The fourth-order valence-electron chi connectivity index (χ4n) is 0.690. The van der Waals surface area contributed by atoms with Crippen LogP contribution in [0, 0.1) is 6.92 Å². The van der Waals surface area contributed by atoms with E-state index >= 15 is 0 Å². The van der Waals surface area contributed by atoms with Gasteiger partial charge in [-0.1, -0.05) is 23.7 Å². The van der Waals surface area contributed by atoms with Crippen LogP contribution in [0.1, 0.15) is 5.56 Å². The van der Waals surface area contributed by atoms with Gasteiger partial charge in [-0.15, -0.1) is 0 Å². The van der Waals surface area contributed by atoms with Gasteiger partial charge in [0.15, 0.2) is 5.43 Å². The molecule has 0 N–H and O–H groups in total. The lowest BCUT2D eigenvalue weighted by molar-refractivity contribution is 1.49. The Labute approximate surface area is 64.3 Å². The van der Waals surface area contributed by atoms with Gasteiger partial charge in [-0.05, 0) is 24.6 Å². The van der Waals surface area contributed by atoms with Crippen LogP contribution in [-0.2, 0) is 0 Å². The number of rotatable bonds is 0. The summed E-state index contributed by atoms with van der Waals surface area (Å²) in [5, 5.41) is 0.271. The average Bonchev–Trinajstić information content (AvgIpc) is 1.96. The summed E-state index contributed by atoms with van der Waals surface area (Å²) in [4.78, 5) is 10.9. The van der Waals surface area contributed by atoms with Crippen molar-refractivity contribution < 1.29 is 0 Å². The fourth-order valence-corrected chi connectivity index (χ4v) is 0.818. The minimum absolute atomic E-state index is 0.121. The van der Waals surface area contributed by atoms with Crippen LogP contribution in [0.3, 0.4) is 0 Å². The zero-order chi connectivity index (χ0) is 7.56. The zero-order valence-corrected chi connectivity index (χ0v) is 6.35. The number of halogens is 1. The zero-order valence-electron chi connectivity index (χ0n) is 5.60. The van der Waals surface area contributed by atoms with E-state index in [0.29, 0.717) is 0 Å². The van der Waals surface area contributed by atoms with Crippen molar-refractivity contribution in [3.05, 3.63) is 45.1 Å². The Balaban J connectivity index is 3.46. The molecule has 0 aliphatic rings. The molecule has 0 atom stereocenters. The molecule has 0 aromatic heterocycles. The molecule has 1 aromatic rings. The Bertz CT molecular complexity index is 293. The lowest BCUT2D eigenvalue weighted by Gasteiger charge is -1.75. The molecule has 52 valence electrons. The van der Waals surface area contributed by atoms with E-state index in [4.69, 9.17) is 11.6 Å². The van der Waals surface area contributed by atoms with Gasteiger partial charge in [0.05, 0.1) is 5.02 Å². The lowest BCUT2D eigenvalue weighted by atomic mass is 10.3. The summed E-state index contributed by atoms with van der Waals surface area (Å²) >= 11 is 5.55. The summed E-state index contributed by atoms with van der Waals surface area (Å²) in [6.45, 7) is 1.86. The molecule has 2 heteroatoms. The Morgan fingerprint density at radius 1 is 1.40 bits per heavy atom. The fraction of sp³-hybridized carbons (Fsp3) is 0.125. The summed E-state index contributed by atoms with van der Waals surface area (Å²) in [6, 6.07) is 6.71. The first-order valence-electron chi connectivity index (χ1n) is 2.96. The number of hydrogen-bond donors (Lipinski definition) is 0. The van der Waals surface area contributed by atoms with Gasteiger partial charge in [0.25, 0.3) is 0 Å². The van der Waals surface area contributed by atoms with Crippen molar-refractivity contribution in [3.8, 4) is 0 Å². The maximum Gasteiger partial charge on any atom is 0.197 e. The third-order valence-electron chi connectivity index (χ3n) is 1.20. The average molecular weight is 155 g/mol. The van der Waals surface area contributed by atoms with E-state index in [-0.39, 0.29) is 10.5 Å². The van der Waals surface area contributed by atoms with Crippen molar-refractivity contribution in [2.24, 2.45) is 0 Å². The van der Waals surface area contributed by atoms with Crippen molar-refractivity contribution in [1.29, 1.82) is 0 Å². The molecule has 1 nitrogen and oxygen atoms in total. The van der Waals surface area contributed by atoms with Gasteiger partial charge in [0.2, 0.25) is 0 Å². The molecule has 0 spiro atoms. The van der Waals surface area contributed by atoms with Crippen LogP contribution < -0.4 is 5.43 Å². The van der Waals surface area contributed by atoms with E-state index in [1.54, 1.807) is 12.1 Å². The number of aryl methyl sites for hydroxylation is 1. The Hall–Kier alpha value is -0.820. The molecule has 1 aromatic carbocycles. The molecule has 0 heterocycles. The van der Waals surface area contributed by atoms with Gasteiger partial charge in [0.1, 0.15) is 0 Å². The first kappa shape index (κ1) is 7.29. The minimum Gasteiger partial charge on any atom is -0.288 e. The van der Waals surface area contributed by atoms with Gasteiger partial charge >= 0.3 is 0 Å². The summed E-state index contributed by atoms with van der Waals surface area (Å²) in [7, 11) is 0. The molecular weight excluding hydrogens is 148 g/mol. The summed E-state index contributed by atoms with van der Waals surface area (Å²) in [5.41, 5.74) is 0.807. The molecule has 0 radical (unpaired) electrons. The highest BCUT2D eigenvalue weighted by atomic mass is 35.5. The van der Waals surface area contributed by atoms with Crippen LogP contribution in [-0.4, -0.2) is 0 Å². The quantitative estimate of drug-likeness (QED) is 0.559. The van der Waals surface area contributed by atoms with Gasteiger partial charge in [-0.3, -0.25) is 4.79 Å². The van der Waals surface area contributed by atoms with Gasteiger partial charge in [-0.25, -0.2) is 0 Å². The molecule has 0 unspecified atom stereocenters. The first-order chi connectivity index (χ1) is 4.70. The maximum absolute atomic E-state index is 10.9. The highest BCUT2D eigenvalue weighted by molar-refractivity contribution is 6.30. The maximum atomic E-state index is 10.9. The van der Waals surface area contributed by atoms with Crippen LogP contribution in [0.2, 0.25) is 5.02 Å². The molecule has 0 fully saturated rings. The van der Waals surface area contributed by atoms with Gasteiger partial charge in [-0.2, -0.15) is 0 Å². The third-order valence-corrected chi connectivity index (χ3v) is 1.51. The second-order valence-corrected chi connectivity index (χ2v) is 2.53. The van der Waals surface area contributed by atoms with Crippen LogP contribution >= 0.6 is 11.6 Å². The molecule has 0 bridgehead atoms. The highest BCUT2D eigenvalue weighted by Gasteiger charge is 1.89. The van der Waals surface area contributed by atoms with Crippen LogP contribution in [0.25, 0.3) is 0 Å². The van der Waals surface area contributed by atoms with Crippen LogP contribution in [0.4, 0.5) is 0 Å². The van der Waals surface area contributed by atoms with Crippen molar-refractivity contribution in [2.45, 2.75) is 6.92 Å². The van der Waals surface area contributed by atoms with Crippen molar-refractivity contribution >= 4 is 11.6 Å². The molecule has 0 amide bonds. The third kappa shape index (κ3) is 1.58. The molecular formula is C8H7ClO. The standard InChI is InChI=1S/C8H7ClO/c1-6-3-2-4-7(9)8(10)5-6/h2-5H,1H3. The highest BCUT2D eigenvalue weighted by Crippen LogP contribution is 1.99. The summed E-state index contributed by atoms with van der Waals surface area (Å²) in [5.74, 6) is 0. The Morgan fingerprint density at radius 2 is 2.10 bits per heavy atom. The van der Waals surface area contributed by atoms with Crippen molar-refractivity contribution in [1.82, 2.24) is 0 Å². The van der Waals surface area contributed by atoms with E-state index in [9.17, 15) is 4.79 Å². The molecule has 10 heavy (non-hydrogen) atoms. The first-order valence-corrected chi connectivity index (χ1v) is 3.34. The predicted molar refractivity (Wildman–Crippen MR) is 42.5 cm³/mol. The minimum atomic E-state index is -0.121. The van der Waals surface area contributed by atoms with E-state index in [0.717, 1.165) is 5.56 Å². The van der Waals surface area contributed by atoms with E-state index < -0.39 is 0 Å². The monoisotopic (exact) mass is 154 g/mol. The molecule has 0 aliphatic heterocycles. The largest absolute Gasteiger partial charge is 0.288 e. The molecule has 0 saturated carbocycles. The van der Waals surface area contributed by atoms with Gasteiger partial charge in [0, 0.05) is 0 Å². The van der Waals surface area contributed by atoms with Crippen LogP contribution in [0.15, 0.2) is 29.1 Å². The van der Waals surface area contributed by atoms with E-state index in [1.807, 2.05) is 13.0 Å². The summed E-state index contributed by atoms with van der Waals surface area (Å²) in [6.07, 6.45) is 0. The van der Waals surface area contributed by atoms with Crippen LogP contribution in [0.5, 0.6) is 0 Å². The summed E-state index contributed by atoms with van der Waals surface area (Å²) < 4.78 is 0. The predicted octanol–water partition coefficient (Wildman–Crippen LogP) is 2.01. The lowest BCUT2D eigenvalue weighted by Crippen LogP contribution is -1.93.